The fourth-order valence-corrected chi connectivity index (χ4v) is 5.93. The van der Waals surface area contributed by atoms with E-state index in [1.165, 1.54) is 5.57 Å². The minimum absolute atomic E-state index is 0.440. The van der Waals surface area contributed by atoms with Crippen molar-refractivity contribution in [3.8, 4) is 11.5 Å². The summed E-state index contributed by atoms with van der Waals surface area (Å²) in [7, 11) is 4.08. The molecule has 1 aliphatic heterocycles. The third-order valence-corrected chi connectivity index (χ3v) is 8.28. The highest BCUT2D eigenvalue weighted by Gasteiger charge is 2.34. The van der Waals surface area contributed by atoms with E-state index in [0.29, 0.717) is 29.6 Å². The van der Waals surface area contributed by atoms with E-state index in [9.17, 15) is 0 Å². The van der Waals surface area contributed by atoms with Crippen LogP contribution in [0.25, 0.3) is 11.5 Å². The molecule has 38 heavy (non-hydrogen) atoms. The van der Waals surface area contributed by atoms with Crippen molar-refractivity contribution in [2.75, 3.05) is 56.6 Å². The summed E-state index contributed by atoms with van der Waals surface area (Å²) in [5.74, 6) is 4.45. The van der Waals surface area contributed by atoms with Crippen LogP contribution in [-0.2, 0) is 6.42 Å². The molecule has 8 nitrogen and oxygen atoms in total. The summed E-state index contributed by atoms with van der Waals surface area (Å²) in [6, 6.07) is 10.1. The number of hydrogen-bond donors (Lipinski definition) is 0. The van der Waals surface area contributed by atoms with E-state index in [-0.39, 0.29) is 0 Å². The summed E-state index contributed by atoms with van der Waals surface area (Å²) in [4.78, 5) is 15.9. The lowest BCUT2D eigenvalue weighted by Crippen LogP contribution is -2.49. The molecule has 3 atom stereocenters. The van der Waals surface area contributed by atoms with Gasteiger partial charge in [0, 0.05) is 76.9 Å². The highest BCUT2D eigenvalue weighted by Crippen LogP contribution is 2.39. The lowest BCUT2D eigenvalue weighted by atomic mass is 9.69. The molecule has 0 amide bonds. The minimum atomic E-state index is 0.440. The smallest absolute Gasteiger partial charge is 0.247 e. The van der Waals surface area contributed by atoms with Gasteiger partial charge < -0.3 is 14.2 Å². The Labute approximate surface area is 226 Å². The molecule has 2 aliphatic rings. The van der Waals surface area contributed by atoms with Gasteiger partial charge >= 0.3 is 0 Å². The molecule has 0 spiro atoms. The maximum Gasteiger partial charge on any atom is 0.247 e. The maximum absolute atomic E-state index is 6.13. The molecule has 0 N–H and O–H groups in total. The molecule has 202 valence electrons. The van der Waals surface area contributed by atoms with Gasteiger partial charge in [-0.15, -0.1) is 10.2 Å². The number of benzene rings is 1. The van der Waals surface area contributed by atoms with E-state index in [0.717, 1.165) is 68.7 Å². The van der Waals surface area contributed by atoms with Crippen LogP contribution >= 0.6 is 0 Å². The van der Waals surface area contributed by atoms with E-state index in [2.05, 4.69) is 73.8 Å². The first-order valence-corrected chi connectivity index (χ1v) is 13.9. The van der Waals surface area contributed by atoms with Gasteiger partial charge in [0.2, 0.25) is 17.7 Å². The predicted octanol–water partition coefficient (Wildman–Crippen LogP) is 4.81. The van der Waals surface area contributed by atoms with Crippen molar-refractivity contribution < 1.29 is 4.42 Å². The highest BCUT2D eigenvalue weighted by atomic mass is 16.4. The zero-order valence-electron chi connectivity index (χ0n) is 23.4. The molecule has 1 aliphatic carbocycles. The van der Waals surface area contributed by atoms with E-state index in [1.54, 1.807) is 0 Å². The summed E-state index contributed by atoms with van der Waals surface area (Å²) in [5.41, 5.74) is 3.57. The van der Waals surface area contributed by atoms with Gasteiger partial charge in [-0.1, -0.05) is 25.5 Å². The molecule has 1 saturated heterocycles. The monoisotopic (exact) mass is 515 g/mol. The van der Waals surface area contributed by atoms with Crippen molar-refractivity contribution >= 4 is 11.6 Å². The Bertz CT molecular complexity index is 1200. The largest absolute Gasteiger partial charge is 0.421 e. The van der Waals surface area contributed by atoms with Crippen molar-refractivity contribution in [2.45, 2.75) is 33.6 Å². The average molecular weight is 516 g/mol. The molecule has 8 heteroatoms. The lowest BCUT2D eigenvalue weighted by molar-refractivity contribution is 0.154. The number of aromatic nitrogens is 4. The molecule has 0 saturated carbocycles. The third-order valence-electron chi connectivity index (χ3n) is 8.28. The van der Waals surface area contributed by atoms with Crippen LogP contribution in [-0.4, -0.2) is 71.9 Å². The van der Waals surface area contributed by atoms with Gasteiger partial charge in [0.1, 0.15) is 0 Å². The Morgan fingerprint density at radius 2 is 1.71 bits per heavy atom. The van der Waals surface area contributed by atoms with Gasteiger partial charge in [0.05, 0.1) is 0 Å². The van der Waals surface area contributed by atoms with Gasteiger partial charge in [0.25, 0.3) is 0 Å². The summed E-state index contributed by atoms with van der Waals surface area (Å²) in [6.07, 6.45) is 8.16. The normalized spacial score (nSPS) is 22.5. The molecule has 3 heterocycles. The van der Waals surface area contributed by atoms with E-state index < -0.39 is 0 Å². The van der Waals surface area contributed by atoms with Crippen molar-refractivity contribution in [1.82, 2.24) is 25.1 Å². The van der Waals surface area contributed by atoms with Crippen LogP contribution < -0.4 is 9.80 Å². The molecule has 3 aromatic rings. The van der Waals surface area contributed by atoms with Crippen LogP contribution in [0.5, 0.6) is 0 Å². The number of anilines is 2. The van der Waals surface area contributed by atoms with Gasteiger partial charge in [-0.05, 0) is 67.3 Å². The first kappa shape index (κ1) is 26.4. The van der Waals surface area contributed by atoms with Crippen LogP contribution in [0.1, 0.15) is 33.1 Å². The fraction of sp³-hybridized carbons (Fsp3) is 0.533. The fourth-order valence-electron chi connectivity index (χ4n) is 5.93. The van der Waals surface area contributed by atoms with Crippen LogP contribution in [0, 0.1) is 23.7 Å². The second kappa shape index (κ2) is 11.6. The molecule has 2 aromatic heterocycles. The predicted molar refractivity (Wildman–Crippen MR) is 152 cm³/mol. The van der Waals surface area contributed by atoms with Gasteiger partial charge in [-0.3, -0.25) is 4.90 Å². The Hall–Kier alpha value is -3.26. The maximum atomic E-state index is 6.13. The van der Waals surface area contributed by atoms with Crippen LogP contribution in [0.3, 0.4) is 0 Å². The number of allylic oxidation sites excluding steroid dienone is 1. The average Bonchev–Trinajstić information content (AvgIpc) is 3.39. The van der Waals surface area contributed by atoms with Gasteiger partial charge in [-0.2, -0.15) is 0 Å². The Kier molecular flexibility index (Phi) is 8.07. The second-order valence-corrected chi connectivity index (χ2v) is 11.4. The van der Waals surface area contributed by atoms with E-state index in [4.69, 9.17) is 4.42 Å². The highest BCUT2D eigenvalue weighted by molar-refractivity contribution is 5.58. The van der Waals surface area contributed by atoms with Crippen LogP contribution in [0.4, 0.5) is 11.6 Å². The first-order valence-electron chi connectivity index (χ1n) is 13.9. The molecule has 0 radical (unpaired) electrons. The molecule has 5 rings (SSSR count). The van der Waals surface area contributed by atoms with Crippen molar-refractivity contribution in [3.05, 3.63) is 60.3 Å². The SMILES string of the molecule is CC1=C[C@@H](CN2CCN(c3ncccn3)CC2)[C@H](C(C)C)C[C@H]1Cc1nnc(-c2ccc(N(C)C)cc2)o1. The summed E-state index contributed by atoms with van der Waals surface area (Å²) < 4.78 is 6.13. The van der Waals surface area contributed by atoms with Crippen molar-refractivity contribution in [2.24, 2.45) is 23.7 Å². The molecule has 0 bridgehead atoms. The first-order chi connectivity index (χ1) is 18.4. The molecule has 1 fully saturated rings. The van der Waals surface area contributed by atoms with Crippen LogP contribution in [0.2, 0.25) is 0 Å². The standard InChI is InChI=1S/C30H41N7O/c1-21(2)27-18-24(19-28-33-34-29(38-28)23-7-9-26(10-8-23)35(4)5)22(3)17-25(27)20-36-13-15-37(16-14-36)30-31-11-6-12-32-30/h6-12,17,21,24-25,27H,13-16,18-20H2,1-5H3/t24-,25-,27-/m0/s1. The quantitative estimate of drug-likeness (QED) is 0.396. The molecular weight excluding hydrogens is 474 g/mol. The number of rotatable bonds is 8. The van der Waals surface area contributed by atoms with E-state index >= 15 is 0 Å². The van der Waals surface area contributed by atoms with Crippen LogP contribution in [0.15, 0.2) is 58.8 Å². The minimum Gasteiger partial charge on any atom is -0.421 e. The van der Waals surface area contributed by atoms with E-state index in [1.807, 2.05) is 44.7 Å². The summed E-state index contributed by atoms with van der Waals surface area (Å²) >= 11 is 0. The Balaban J connectivity index is 1.21. The molecular formula is C30H41N7O. The van der Waals surface area contributed by atoms with Crippen molar-refractivity contribution in [1.29, 1.82) is 0 Å². The number of piperazine rings is 1. The molecule has 1 aromatic carbocycles. The Morgan fingerprint density at radius 1 is 1.00 bits per heavy atom. The van der Waals surface area contributed by atoms with Gasteiger partial charge in [-0.25, -0.2) is 9.97 Å². The second-order valence-electron chi connectivity index (χ2n) is 11.4. The zero-order chi connectivity index (χ0) is 26.6. The summed E-state index contributed by atoms with van der Waals surface area (Å²) in [6.45, 7) is 12.2. The van der Waals surface area contributed by atoms with Gasteiger partial charge in [0.15, 0.2) is 0 Å². The van der Waals surface area contributed by atoms with Crippen molar-refractivity contribution in [3.63, 3.8) is 0 Å². The number of nitrogens with zero attached hydrogens (tertiary/aromatic N) is 7. The summed E-state index contributed by atoms with van der Waals surface area (Å²) in [5, 5.41) is 8.77. The topological polar surface area (TPSA) is 74.4 Å². The zero-order valence-corrected chi connectivity index (χ0v) is 23.4. The third kappa shape index (κ3) is 6.07. The molecule has 0 unspecified atom stereocenters. The lowest BCUT2D eigenvalue weighted by Gasteiger charge is -2.41. The Morgan fingerprint density at radius 3 is 2.37 bits per heavy atom. The number of hydrogen-bond acceptors (Lipinski definition) is 8.